The quantitative estimate of drug-likeness (QED) is 0.389. The molecule has 1 aromatic rings. The molecule has 0 aliphatic heterocycles. The van der Waals surface area contributed by atoms with Crippen molar-refractivity contribution in [1.29, 1.82) is 0 Å². The van der Waals surface area contributed by atoms with E-state index in [1.165, 1.54) is 12.1 Å². The predicted octanol–water partition coefficient (Wildman–Crippen LogP) is 5.84. The van der Waals surface area contributed by atoms with Gasteiger partial charge in [0.1, 0.15) is 6.10 Å². The van der Waals surface area contributed by atoms with Crippen molar-refractivity contribution >= 4 is 46.7 Å². The molecule has 0 aromatic heterocycles. The lowest BCUT2D eigenvalue weighted by atomic mass is 10.1. The molecule has 0 radical (unpaired) electrons. The van der Waals surface area contributed by atoms with Gasteiger partial charge >= 0.3 is 11.9 Å². The Morgan fingerprint density at radius 1 is 1.04 bits per heavy atom. The molecule has 1 atom stereocenters. The number of unbranched alkanes of at least 4 members (excludes halogenated alkanes) is 1. The van der Waals surface area contributed by atoms with Gasteiger partial charge in [-0.25, -0.2) is 0 Å². The summed E-state index contributed by atoms with van der Waals surface area (Å²) in [4.78, 5) is 23.7. The third-order valence-electron chi connectivity index (χ3n) is 3.35. The SMILES string of the molecule is CCCCC(CC)OC(=O)CCC(=O)Oc1c(Cl)cc(Cl)cc1Cl. The van der Waals surface area contributed by atoms with E-state index in [4.69, 9.17) is 44.3 Å². The van der Waals surface area contributed by atoms with Crippen molar-refractivity contribution in [3.05, 3.63) is 27.2 Å². The summed E-state index contributed by atoms with van der Waals surface area (Å²) >= 11 is 17.7. The lowest BCUT2D eigenvalue weighted by Crippen LogP contribution is -2.19. The lowest BCUT2D eigenvalue weighted by Gasteiger charge is -2.15. The van der Waals surface area contributed by atoms with Crippen molar-refractivity contribution in [3.8, 4) is 5.75 Å². The monoisotopic (exact) mass is 394 g/mol. The average Bonchev–Trinajstić information content (AvgIpc) is 2.52. The normalized spacial score (nSPS) is 11.9. The van der Waals surface area contributed by atoms with Crippen molar-refractivity contribution in [2.24, 2.45) is 0 Å². The van der Waals surface area contributed by atoms with Crippen LogP contribution in [0.1, 0.15) is 52.4 Å². The second kappa shape index (κ2) is 10.8. The highest BCUT2D eigenvalue weighted by Crippen LogP contribution is 2.36. The van der Waals surface area contributed by atoms with E-state index in [0.717, 1.165) is 25.7 Å². The molecule has 0 fully saturated rings. The molecule has 0 N–H and O–H groups in total. The fraction of sp³-hybridized carbons (Fsp3) is 0.529. The number of carbonyl (C=O) groups excluding carboxylic acids is 2. The summed E-state index contributed by atoms with van der Waals surface area (Å²) in [6, 6.07) is 2.84. The van der Waals surface area contributed by atoms with Gasteiger partial charge in [-0.05, 0) is 25.0 Å². The van der Waals surface area contributed by atoms with Crippen LogP contribution in [0, 0.1) is 0 Å². The van der Waals surface area contributed by atoms with Crippen LogP contribution < -0.4 is 4.74 Å². The number of benzene rings is 1. The van der Waals surface area contributed by atoms with Crippen molar-refractivity contribution in [1.82, 2.24) is 0 Å². The summed E-state index contributed by atoms with van der Waals surface area (Å²) in [5.74, 6) is -0.988. The first-order valence-electron chi connectivity index (χ1n) is 7.92. The Morgan fingerprint density at radius 2 is 1.62 bits per heavy atom. The molecule has 0 aliphatic carbocycles. The van der Waals surface area contributed by atoms with E-state index in [1.54, 1.807) is 0 Å². The van der Waals surface area contributed by atoms with E-state index >= 15 is 0 Å². The van der Waals surface area contributed by atoms with Gasteiger partial charge in [-0.2, -0.15) is 0 Å². The Hall–Kier alpha value is -0.970. The fourth-order valence-electron chi connectivity index (χ4n) is 2.02. The Bertz CT molecular complexity index is 552. The molecule has 1 aromatic carbocycles. The van der Waals surface area contributed by atoms with Gasteiger partial charge in [-0.1, -0.05) is 61.5 Å². The molecule has 7 heteroatoms. The van der Waals surface area contributed by atoms with Gasteiger partial charge in [0.15, 0.2) is 5.75 Å². The van der Waals surface area contributed by atoms with E-state index in [0.29, 0.717) is 5.02 Å². The minimum absolute atomic E-state index is 0.0375. The summed E-state index contributed by atoms with van der Waals surface area (Å²) in [5, 5.41) is 0.606. The maximum Gasteiger partial charge on any atom is 0.311 e. The number of halogens is 3. The lowest BCUT2D eigenvalue weighted by molar-refractivity contribution is -0.152. The highest BCUT2D eigenvalue weighted by molar-refractivity contribution is 6.40. The number of esters is 2. The van der Waals surface area contributed by atoms with E-state index in [2.05, 4.69) is 6.92 Å². The summed E-state index contributed by atoms with van der Waals surface area (Å²) < 4.78 is 10.5. The smallest absolute Gasteiger partial charge is 0.311 e. The molecule has 134 valence electrons. The van der Waals surface area contributed by atoms with Gasteiger partial charge in [0.2, 0.25) is 0 Å². The topological polar surface area (TPSA) is 52.6 Å². The van der Waals surface area contributed by atoms with Gasteiger partial charge in [0.25, 0.3) is 0 Å². The Labute approximate surface area is 157 Å². The van der Waals surface area contributed by atoms with Gasteiger partial charge in [0.05, 0.1) is 22.9 Å². The maximum atomic E-state index is 11.9. The van der Waals surface area contributed by atoms with Gasteiger partial charge in [-0.15, -0.1) is 0 Å². The van der Waals surface area contributed by atoms with Crippen LogP contribution in [0.15, 0.2) is 12.1 Å². The summed E-state index contributed by atoms with van der Waals surface area (Å²) in [6.07, 6.45) is 3.37. The molecule has 0 heterocycles. The van der Waals surface area contributed by atoms with E-state index in [1.807, 2.05) is 6.92 Å². The molecular formula is C17H21Cl3O4. The zero-order valence-electron chi connectivity index (χ0n) is 13.7. The Morgan fingerprint density at radius 3 is 2.17 bits per heavy atom. The summed E-state index contributed by atoms with van der Waals surface area (Å²) in [7, 11) is 0. The van der Waals surface area contributed by atoms with Crippen LogP contribution in [0.3, 0.4) is 0 Å². The third-order valence-corrected chi connectivity index (χ3v) is 4.13. The van der Waals surface area contributed by atoms with Crippen molar-refractivity contribution in [2.75, 3.05) is 0 Å². The first-order chi connectivity index (χ1) is 11.4. The molecule has 1 rings (SSSR count). The molecule has 0 aliphatic rings. The van der Waals surface area contributed by atoms with Crippen LogP contribution in [-0.2, 0) is 14.3 Å². The average molecular weight is 396 g/mol. The largest absolute Gasteiger partial charge is 0.462 e. The predicted molar refractivity (Wildman–Crippen MR) is 96.0 cm³/mol. The summed E-state index contributed by atoms with van der Waals surface area (Å²) in [5.41, 5.74) is 0. The van der Waals surface area contributed by atoms with Gasteiger partial charge in [-0.3, -0.25) is 9.59 Å². The molecule has 0 bridgehead atoms. The third kappa shape index (κ3) is 7.29. The zero-order chi connectivity index (χ0) is 18.1. The molecule has 0 amide bonds. The first kappa shape index (κ1) is 21.1. The molecule has 0 saturated carbocycles. The van der Waals surface area contributed by atoms with Crippen molar-refractivity contribution in [3.63, 3.8) is 0 Å². The van der Waals surface area contributed by atoms with Crippen LogP contribution >= 0.6 is 34.8 Å². The van der Waals surface area contributed by atoms with E-state index < -0.39 is 11.9 Å². The Balaban J connectivity index is 2.47. The highest BCUT2D eigenvalue weighted by Gasteiger charge is 2.17. The molecule has 4 nitrogen and oxygen atoms in total. The van der Waals surface area contributed by atoms with Crippen LogP contribution in [-0.4, -0.2) is 18.0 Å². The highest BCUT2D eigenvalue weighted by atomic mass is 35.5. The molecule has 1 unspecified atom stereocenters. The van der Waals surface area contributed by atoms with Gasteiger partial charge in [0, 0.05) is 5.02 Å². The number of hydrogen-bond acceptors (Lipinski definition) is 4. The Kier molecular flexibility index (Phi) is 9.49. The van der Waals surface area contributed by atoms with E-state index in [-0.39, 0.29) is 34.7 Å². The number of carbonyl (C=O) groups is 2. The minimum Gasteiger partial charge on any atom is -0.462 e. The standard InChI is InChI=1S/C17H21Cl3O4/c1-3-5-6-12(4-2)23-15(21)7-8-16(22)24-17-13(19)9-11(18)10-14(17)20/h9-10,12H,3-8H2,1-2H3. The second-order valence-corrected chi connectivity index (χ2v) is 6.59. The van der Waals surface area contributed by atoms with Crippen LogP contribution in [0.2, 0.25) is 15.1 Å². The van der Waals surface area contributed by atoms with Crippen LogP contribution in [0.5, 0.6) is 5.75 Å². The molecule has 24 heavy (non-hydrogen) atoms. The molecular weight excluding hydrogens is 375 g/mol. The first-order valence-corrected chi connectivity index (χ1v) is 9.05. The van der Waals surface area contributed by atoms with E-state index in [9.17, 15) is 9.59 Å². The molecule has 0 spiro atoms. The number of rotatable bonds is 9. The van der Waals surface area contributed by atoms with Gasteiger partial charge < -0.3 is 9.47 Å². The minimum atomic E-state index is -0.611. The van der Waals surface area contributed by atoms with Crippen LogP contribution in [0.25, 0.3) is 0 Å². The maximum absolute atomic E-state index is 11.9. The molecule has 0 saturated heterocycles. The summed E-state index contributed by atoms with van der Waals surface area (Å²) in [6.45, 7) is 4.05. The second-order valence-electron chi connectivity index (χ2n) is 5.33. The number of hydrogen-bond donors (Lipinski definition) is 0. The number of ether oxygens (including phenoxy) is 2. The van der Waals surface area contributed by atoms with Crippen molar-refractivity contribution in [2.45, 2.75) is 58.5 Å². The van der Waals surface area contributed by atoms with Crippen molar-refractivity contribution < 1.29 is 19.1 Å². The fourth-order valence-corrected chi connectivity index (χ4v) is 2.91. The zero-order valence-corrected chi connectivity index (χ0v) is 16.0. The van der Waals surface area contributed by atoms with Crippen LogP contribution in [0.4, 0.5) is 0 Å².